The van der Waals surface area contributed by atoms with Crippen molar-refractivity contribution >= 4 is 11.8 Å². The van der Waals surface area contributed by atoms with Gasteiger partial charge in [-0.25, -0.2) is 0 Å². The Morgan fingerprint density at radius 1 is 0.967 bits per heavy atom. The van der Waals surface area contributed by atoms with Gasteiger partial charge in [-0.2, -0.15) is 0 Å². The van der Waals surface area contributed by atoms with Gasteiger partial charge in [0.05, 0.1) is 0 Å². The van der Waals surface area contributed by atoms with E-state index in [0.717, 1.165) is 19.3 Å². The Morgan fingerprint density at radius 2 is 1.73 bits per heavy atom. The first-order valence-corrected chi connectivity index (χ1v) is 10.3. The van der Waals surface area contributed by atoms with Crippen LogP contribution in [-0.2, 0) is 19.4 Å². The van der Waals surface area contributed by atoms with E-state index in [1.165, 1.54) is 22.9 Å². The van der Waals surface area contributed by atoms with Crippen LogP contribution in [0.3, 0.4) is 0 Å². The number of carbonyl (C=O) groups is 2. The van der Waals surface area contributed by atoms with E-state index in [0.29, 0.717) is 30.9 Å². The summed E-state index contributed by atoms with van der Waals surface area (Å²) in [5.41, 5.74) is 4.49. The van der Waals surface area contributed by atoms with E-state index in [1.807, 2.05) is 30.3 Å². The second-order valence-corrected chi connectivity index (χ2v) is 7.52. The fourth-order valence-corrected chi connectivity index (χ4v) is 3.76. The standard InChI is InChI=1S/C25H25N3O2/c29-24(27-14-6-9-19-7-2-1-3-8-19)21-12-15-26-23(17-21)25(30)28-16-13-20-10-4-5-11-22(20)18-28/h1-5,7-8,10-12,15,17H,6,9,13-14,16,18H2,(H,27,29). The number of hydrogen-bond acceptors (Lipinski definition) is 3. The van der Waals surface area contributed by atoms with Crippen LogP contribution in [0, 0.1) is 0 Å². The second kappa shape index (κ2) is 9.35. The number of nitrogens with zero attached hydrogens (tertiary/aromatic N) is 2. The predicted molar refractivity (Wildman–Crippen MR) is 116 cm³/mol. The average Bonchev–Trinajstić information content (AvgIpc) is 2.81. The van der Waals surface area contributed by atoms with Crippen LogP contribution in [0.1, 0.15) is 44.0 Å². The topological polar surface area (TPSA) is 62.3 Å². The molecular weight excluding hydrogens is 374 g/mol. The molecule has 0 fully saturated rings. The molecule has 2 aromatic carbocycles. The maximum atomic E-state index is 12.9. The van der Waals surface area contributed by atoms with Crippen molar-refractivity contribution in [2.45, 2.75) is 25.8 Å². The molecule has 0 aliphatic carbocycles. The molecule has 0 saturated heterocycles. The van der Waals surface area contributed by atoms with Gasteiger partial charge in [-0.3, -0.25) is 14.6 Å². The highest BCUT2D eigenvalue weighted by atomic mass is 16.2. The first-order valence-electron chi connectivity index (χ1n) is 10.3. The van der Waals surface area contributed by atoms with Crippen LogP contribution in [-0.4, -0.2) is 34.8 Å². The highest BCUT2D eigenvalue weighted by Crippen LogP contribution is 2.20. The smallest absolute Gasteiger partial charge is 0.272 e. The zero-order chi connectivity index (χ0) is 20.8. The molecule has 0 spiro atoms. The molecule has 30 heavy (non-hydrogen) atoms. The van der Waals surface area contributed by atoms with Gasteiger partial charge in [-0.15, -0.1) is 0 Å². The van der Waals surface area contributed by atoms with Crippen LogP contribution in [0.2, 0.25) is 0 Å². The molecule has 2 amide bonds. The highest BCUT2D eigenvalue weighted by molar-refractivity contribution is 5.98. The minimum absolute atomic E-state index is 0.136. The molecule has 0 radical (unpaired) electrons. The van der Waals surface area contributed by atoms with Crippen LogP contribution >= 0.6 is 0 Å². The van der Waals surface area contributed by atoms with Crippen molar-refractivity contribution in [3.05, 3.63) is 101 Å². The van der Waals surface area contributed by atoms with Crippen molar-refractivity contribution in [3.63, 3.8) is 0 Å². The predicted octanol–water partition coefficient (Wildman–Crippen LogP) is 3.64. The Labute approximate surface area is 176 Å². The molecule has 0 saturated carbocycles. The molecular formula is C25H25N3O2. The van der Waals surface area contributed by atoms with Crippen LogP contribution in [0.4, 0.5) is 0 Å². The van der Waals surface area contributed by atoms with Gasteiger partial charge >= 0.3 is 0 Å². The Hall–Kier alpha value is -3.47. The summed E-state index contributed by atoms with van der Waals surface area (Å²) in [6.07, 6.45) is 4.14. The molecule has 5 nitrogen and oxygen atoms in total. The summed E-state index contributed by atoms with van der Waals surface area (Å²) >= 11 is 0. The number of hydrogen-bond donors (Lipinski definition) is 1. The minimum Gasteiger partial charge on any atom is -0.352 e. The van der Waals surface area contributed by atoms with Crippen LogP contribution in [0.25, 0.3) is 0 Å². The fraction of sp³-hybridized carbons (Fsp3) is 0.240. The lowest BCUT2D eigenvalue weighted by Gasteiger charge is -2.28. The molecule has 2 heterocycles. The number of rotatable bonds is 6. The molecule has 0 bridgehead atoms. The quantitative estimate of drug-likeness (QED) is 0.644. The van der Waals surface area contributed by atoms with E-state index in [2.05, 4.69) is 34.6 Å². The summed E-state index contributed by atoms with van der Waals surface area (Å²) in [6.45, 7) is 1.82. The lowest BCUT2D eigenvalue weighted by Crippen LogP contribution is -2.36. The third-order valence-corrected chi connectivity index (χ3v) is 5.43. The van der Waals surface area contributed by atoms with Gasteiger partial charge in [0.25, 0.3) is 11.8 Å². The summed E-state index contributed by atoms with van der Waals surface area (Å²) < 4.78 is 0. The number of nitrogens with one attached hydrogen (secondary N) is 1. The zero-order valence-corrected chi connectivity index (χ0v) is 16.9. The summed E-state index contributed by atoms with van der Waals surface area (Å²) in [5.74, 6) is -0.313. The normalized spacial score (nSPS) is 12.9. The summed E-state index contributed by atoms with van der Waals surface area (Å²) in [6, 6.07) is 21.6. The maximum Gasteiger partial charge on any atom is 0.272 e. The van der Waals surface area contributed by atoms with Crippen molar-refractivity contribution in [1.82, 2.24) is 15.2 Å². The lowest BCUT2D eigenvalue weighted by molar-refractivity contribution is 0.0728. The second-order valence-electron chi connectivity index (χ2n) is 7.52. The Morgan fingerprint density at radius 3 is 2.57 bits per heavy atom. The summed E-state index contributed by atoms with van der Waals surface area (Å²) in [7, 11) is 0. The molecule has 1 N–H and O–H groups in total. The number of carbonyl (C=O) groups excluding carboxylic acids is 2. The maximum absolute atomic E-state index is 12.9. The molecule has 0 unspecified atom stereocenters. The van der Waals surface area contributed by atoms with Crippen molar-refractivity contribution in [2.75, 3.05) is 13.1 Å². The Balaban J connectivity index is 1.34. The van der Waals surface area contributed by atoms with Gasteiger partial charge in [-0.05, 0) is 48.1 Å². The van der Waals surface area contributed by atoms with Crippen molar-refractivity contribution in [1.29, 1.82) is 0 Å². The zero-order valence-electron chi connectivity index (χ0n) is 16.9. The lowest BCUT2D eigenvalue weighted by atomic mass is 9.99. The molecule has 1 aromatic heterocycles. The summed E-state index contributed by atoms with van der Waals surface area (Å²) in [5, 5.41) is 2.94. The molecule has 5 heteroatoms. The summed E-state index contributed by atoms with van der Waals surface area (Å²) in [4.78, 5) is 31.5. The van der Waals surface area contributed by atoms with Crippen molar-refractivity contribution < 1.29 is 9.59 Å². The van der Waals surface area contributed by atoms with E-state index in [4.69, 9.17) is 0 Å². The number of pyridine rings is 1. The average molecular weight is 399 g/mol. The van der Waals surface area contributed by atoms with Crippen LogP contribution in [0.5, 0.6) is 0 Å². The third kappa shape index (κ3) is 4.74. The van der Waals surface area contributed by atoms with E-state index >= 15 is 0 Å². The van der Waals surface area contributed by atoms with Gasteiger partial charge < -0.3 is 10.2 Å². The molecule has 1 aliphatic rings. The number of aromatic nitrogens is 1. The van der Waals surface area contributed by atoms with E-state index in [9.17, 15) is 9.59 Å². The molecule has 0 atom stereocenters. The van der Waals surface area contributed by atoms with Gasteiger partial charge in [0.15, 0.2) is 0 Å². The monoisotopic (exact) mass is 399 g/mol. The number of amides is 2. The number of aryl methyl sites for hydroxylation is 1. The molecule has 152 valence electrons. The minimum atomic E-state index is -0.177. The highest BCUT2D eigenvalue weighted by Gasteiger charge is 2.23. The Bertz CT molecular complexity index is 1030. The van der Waals surface area contributed by atoms with Crippen molar-refractivity contribution in [2.24, 2.45) is 0 Å². The largest absolute Gasteiger partial charge is 0.352 e. The molecule has 1 aliphatic heterocycles. The van der Waals surface area contributed by atoms with Crippen LogP contribution < -0.4 is 5.32 Å². The third-order valence-electron chi connectivity index (χ3n) is 5.43. The molecule has 3 aromatic rings. The van der Waals surface area contributed by atoms with E-state index < -0.39 is 0 Å². The van der Waals surface area contributed by atoms with Crippen LogP contribution in [0.15, 0.2) is 72.9 Å². The van der Waals surface area contributed by atoms with Gasteiger partial charge in [0.1, 0.15) is 5.69 Å². The SMILES string of the molecule is O=C(NCCCc1ccccc1)c1ccnc(C(=O)N2CCc3ccccc3C2)c1. The van der Waals surface area contributed by atoms with Crippen molar-refractivity contribution in [3.8, 4) is 0 Å². The fourth-order valence-electron chi connectivity index (χ4n) is 3.76. The van der Waals surface area contributed by atoms with Gasteiger partial charge in [0.2, 0.25) is 0 Å². The van der Waals surface area contributed by atoms with Gasteiger partial charge in [-0.1, -0.05) is 54.6 Å². The number of fused-ring (bicyclic) bond motifs is 1. The molecule has 4 rings (SSSR count). The van der Waals surface area contributed by atoms with E-state index in [1.54, 1.807) is 17.0 Å². The number of benzene rings is 2. The first-order chi connectivity index (χ1) is 14.7. The van der Waals surface area contributed by atoms with E-state index in [-0.39, 0.29) is 11.8 Å². The Kier molecular flexibility index (Phi) is 6.18. The van der Waals surface area contributed by atoms with Gasteiger partial charge in [0, 0.05) is 31.4 Å². The first kappa shape index (κ1) is 19.8.